The molecule has 0 saturated carbocycles. The van der Waals surface area contributed by atoms with Gasteiger partial charge in [0.25, 0.3) is 0 Å². The summed E-state index contributed by atoms with van der Waals surface area (Å²) >= 11 is 1.08. The smallest absolute Gasteiger partial charge is 0.367 e. The monoisotopic (exact) mass is 652 g/mol. The molecule has 12 heteroatoms. The first-order valence-corrected chi connectivity index (χ1v) is 16.8. The number of anilines is 1. The van der Waals surface area contributed by atoms with Gasteiger partial charge in [-0.3, -0.25) is 4.90 Å². The lowest BCUT2D eigenvalue weighted by Gasteiger charge is -2.33. The van der Waals surface area contributed by atoms with Crippen molar-refractivity contribution < 1.29 is 13.2 Å². The van der Waals surface area contributed by atoms with E-state index < -0.39 is 12.6 Å². The Kier molecular flexibility index (Phi) is 11.0. The van der Waals surface area contributed by atoms with E-state index in [2.05, 4.69) is 79.9 Å². The number of fused-ring (bicyclic) bond motifs is 2. The van der Waals surface area contributed by atoms with Crippen LogP contribution in [-0.4, -0.2) is 71.1 Å². The zero-order chi connectivity index (χ0) is 32.8. The molecule has 0 amide bonds. The largest absolute Gasteiger partial charge is 0.393 e. The van der Waals surface area contributed by atoms with Crippen LogP contribution in [0.5, 0.6) is 0 Å². The Labute approximate surface area is 272 Å². The van der Waals surface area contributed by atoms with Crippen LogP contribution in [0, 0.1) is 24.2 Å². The van der Waals surface area contributed by atoms with Gasteiger partial charge in [-0.05, 0) is 94.5 Å². The van der Waals surface area contributed by atoms with Crippen LogP contribution in [0.25, 0.3) is 21.1 Å². The average Bonchev–Trinajstić information content (AvgIpc) is 3.59. The molecule has 1 aromatic carbocycles. The summed E-state index contributed by atoms with van der Waals surface area (Å²) < 4.78 is 40.9. The number of hydrogen-bond acceptors (Lipinski definition) is 8. The molecular formula is C34H43F3N8S. The number of alkyl halides is 3. The molecule has 2 saturated heterocycles. The maximum Gasteiger partial charge on any atom is 0.393 e. The maximum absolute atomic E-state index is 12.9. The standard InChI is InChI=1S/C32H38F3N7S.C2H5N/c1-20-13-22(5-9-37-20)6-12-42-25(17-36)14-27-21(2)23(3-4-29(27)42)18-41-10-7-24(8-11-41)40-30-28-15-26(16-32(33,34)35)43-31(28)39-19-38-30;1-3-2/h3-4,14-15,19-20,22,24,37H,5-13,16,18H2,1-2H3,(H,38,39,40);1H2,2H3. The molecule has 2 unspecified atom stereocenters. The van der Waals surface area contributed by atoms with Crippen molar-refractivity contribution in [2.24, 2.45) is 10.9 Å². The van der Waals surface area contributed by atoms with Gasteiger partial charge in [0.1, 0.15) is 28.7 Å². The van der Waals surface area contributed by atoms with Crippen molar-refractivity contribution in [3.63, 3.8) is 0 Å². The number of thiophene rings is 1. The van der Waals surface area contributed by atoms with Gasteiger partial charge in [-0.25, -0.2) is 9.97 Å². The topological polar surface area (TPSA) is 94.2 Å². The van der Waals surface area contributed by atoms with Crippen LogP contribution in [0.15, 0.2) is 35.6 Å². The van der Waals surface area contributed by atoms with Crippen LogP contribution in [0.4, 0.5) is 19.0 Å². The number of likely N-dealkylation sites (tertiary alicyclic amines) is 1. The number of nitriles is 1. The minimum Gasteiger partial charge on any atom is -0.367 e. The quantitative estimate of drug-likeness (QED) is 0.197. The van der Waals surface area contributed by atoms with Crippen molar-refractivity contribution in [2.75, 3.05) is 32.0 Å². The van der Waals surface area contributed by atoms with Crippen LogP contribution in [0.3, 0.4) is 0 Å². The summed E-state index contributed by atoms with van der Waals surface area (Å²) in [5.74, 6) is 1.30. The van der Waals surface area contributed by atoms with Crippen molar-refractivity contribution in [3.8, 4) is 6.07 Å². The number of aromatic nitrogens is 3. The second-order valence-electron chi connectivity index (χ2n) is 12.6. The third kappa shape index (κ3) is 8.24. The number of hydrogen-bond donors (Lipinski definition) is 2. The molecular weight excluding hydrogens is 609 g/mol. The minimum absolute atomic E-state index is 0.194. The van der Waals surface area contributed by atoms with Crippen molar-refractivity contribution >= 4 is 45.0 Å². The fourth-order valence-electron chi connectivity index (χ4n) is 6.81. The lowest BCUT2D eigenvalue weighted by Crippen LogP contribution is -2.39. The van der Waals surface area contributed by atoms with Gasteiger partial charge in [-0.1, -0.05) is 6.07 Å². The van der Waals surface area contributed by atoms with Crippen molar-refractivity contribution in [1.82, 2.24) is 24.8 Å². The molecule has 4 aromatic rings. The summed E-state index contributed by atoms with van der Waals surface area (Å²) in [6.45, 7) is 12.1. The van der Waals surface area contributed by atoms with Gasteiger partial charge < -0.3 is 20.2 Å². The Balaban J connectivity index is 0.00000134. The lowest BCUT2D eigenvalue weighted by atomic mass is 9.90. The van der Waals surface area contributed by atoms with Gasteiger partial charge in [-0.15, -0.1) is 11.3 Å². The predicted octanol–water partition coefficient (Wildman–Crippen LogP) is 7.10. The third-order valence-corrected chi connectivity index (χ3v) is 10.2. The molecule has 0 bridgehead atoms. The molecule has 5 heterocycles. The highest BCUT2D eigenvalue weighted by Crippen LogP contribution is 2.34. The summed E-state index contributed by atoms with van der Waals surface area (Å²) in [5, 5.41) is 18.7. The Morgan fingerprint density at radius 3 is 2.63 bits per heavy atom. The molecule has 2 atom stereocenters. The average molecular weight is 653 g/mol. The van der Waals surface area contributed by atoms with Gasteiger partial charge >= 0.3 is 6.18 Å². The van der Waals surface area contributed by atoms with Gasteiger partial charge in [-0.2, -0.15) is 18.4 Å². The second kappa shape index (κ2) is 14.9. The van der Waals surface area contributed by atoms with Gasteiger partial charge in [0.2, 0.25) is 0 Å². The molecule has 246 valence electrons. The molecule has 8 nitrogen and oxygen atoms in total. The van der Waals surface area contributed by atoms with E-state index in [1.807, 2.05) is 0 Å². The van der Waals surface area contributed by atoms with E-state index >= 15 is 0 Å². The summed E-state index contributed by atoms with van der Waals surface area (Å²) in [5.41, 5.74) is 4.39. The Bertz CT molecular complexity index is 1680. The predicted molar refractivity (Wildman–Crippen MR) is 181 cm³/mol. The van der Waals surface area contributed by atoms with Crippen molar-refractivity contribution in [1.29, 1.82) is 5.26 Å². The van der Waals surface area contributed by atoms with Crippen molar-refractivity contribution in [2.45, 2.75) is 83.7 Å². The third-order valence-electron chi connectivity index (χ3n) is 9.15. The molecule has 46 heavy (non-hydrogen) atoms. The highest BCUT2D eigenvalue weighted by atomic mass is 32.1. The van der Waals surface area contributed by atoms with E-state index in [1.165, 1.54) is 30.3 Å². The maximum atomic E-state index is 12.9. The van der Waals surface area contributed by atoms with Crippen molar-refractivity contribution in [3.05, 3.63) is 52.3 Å². The van der Waals surface area contributed by atoms with E-state index in [4.69, 9.17) is 0 Å². The van der Waals surface area contributed by atoms with Gasteiger partial charge in [0.05, 0.1) is 11.8 Å². The number of aryl methyl sites for hydroxylation is 2. The van der Waals surface area contributed by atoms with E-state index in [-0.39, 0.29) is 10.9 Å². The SMILES string of the molecule is C=NC.Cc1c(CN2CCC(Nc3ncnc4sc(CC(F)(F)F)cc34)CC2)ccc2c1cc(C#N)n2CCC1CCNC(C)C1. The second-order valence-corrected chi connectivity index (χ2v) is 13.7. The molecule has 2 N–H and O–H groups in total. The summed E-state index contributed by atoms with van der Waals surface area (Å²) in [7, 11) is 1.64. The Morgan fingerprint density at radius 2 is 1.93 bits per heavy atom. The van der Waals surface area contributed by atoms with Crippen LogP contribution < -0.4 is 10.6 Å². The number of aliphatic imine (C=N–C) groups is 1. The van der Waals surface area contributed by atoms with E-state index in [0.29, 0.717) is 28.0 Å². The molecule has 3 aromatic heterocycles. The van der Waals surface area contributed by atoms with Gasteiger partial charge in [0.15, 0.2) is 0 Å². The zero-order valence-corrected chi connectivity index (χ0v) is 27.6. The normalized spacial score (nSPS) is 19.5. The fraction of sp³-hybridized carbons (Fsp3) is 0.529. The molecule has 0 aliphatic carbocycles. The molecule has 2 aliphatic rings. The van der Waals surface area contributed by atoms with E-state index in [0.717, 1.165) is 79.9 Å². The number of piperidine rings is 2. The molecule has 0 spiro atoms. The zero-order valence-electron chi connectivity index (χ0n) is 26.8. The molecule has 2 aliphatic heterocycles. The summed E-state index contributed by atoms with van der Waals surface area (Å²) in [4.78, 5) is 15.1. The number of rotatable bonds is 8. The van der Waals surface area contributed by atoms with Gasteiger partial charge in [0, 0.05) is 61.1 Å². The van der Waals surface area contributed by atoms with E-state index in [1.54, 1.807) is 13.1 Å². The fourth-order valence-corrected chi connectivity index (χ4v) is 7.84. The highest BCUT2D eigenvalue weighted by Gasteiger charge is 2.29. The number of benzene rings is 1. The van der Waals surface area contributed by atoms with Crippen LogP contribution in [0.1, 0.15) is 60.7 Å². The lowest BCUT2D eigenvalue weighted by molar-refractivity contribution is -0.126. The van der Waals surface area contributed by atoms with E-state index in [9.17, 15) is 18.4 Å². The number of nitrogens with zero attached hydrogens (tertiary/aromatic N) is 6. The van der Waals surface area contributed by atoms with Crippen LogP contribution in [0.2, 0.25) is 0 Å². The Hall–Kier alpha value is -3.53. The van der Waals surface area contributed by atoms with Crippen LogP contribution >= 0.6 is 11.3 Å². The highest BCUT2D eigenvalue weighted by molar-refractivity contribution is 7.18. The number of nitrogens with one attached hydrogen (secondary N) is 2. The summed E-state index contributed by atoms with van der Waals surface area (Å²) in [6, 6.07) is 11.2. The molecule has 2 fully saturated rings. The first-order chi connectivity index (χ1) is 22.1. The van der Waals surface area contributed by atoms with Crippen LogP contribution in [-0.2, 0) is 19.5 Å². The first kappa shape index (κ1) is 33.8. The Morgan fingerprint density at radius 1 is 1.17 bits per heavy atom. The first-order valence-electron chi connectivity index (χ1n) is 16.0. The summed E-state index contributed by atoms with van der Waals surface area (Å²) in [6.07, 6.45) is 1.54. The molecule has 6 rings (SSSR count). The molecule has 0 radical (unpaired) electrons. The number of halogens is 3. The minimum atomic E-state index is -4.24.